The molecule has 0 saturated carbocycles. The predicted molar refractivity (Wildman–Crippen MR) is 76.2 cm³/mol. The van der Waals surface area contributed by atoms with Crippen LogP contribution in [0.15, 0.2) is 6.20 Å². The summed E-state index contributed by atoms with van der Waals surface area (Å²) in [6, 6.07) is -0.233. The van der Waals surface area contributed by atoms with Crippen molar-refractivity contribution in [2.24, 2.45) is 0 Å². The Balaban J connectivity index is 2.18. The minimum absolute atomic E-state index is 0.0463. The lowest BCUT2D eigenvalue weighted by molar-refractivity contribution is 0.588. The van der Waals surface area contributed by atoms with Gasteiger partial charge in [-0.2, -0.15) is 4.98 Å². The van der Waals surface area contributed by atoms with Gasteiger partial charge >= 0.3 is 0 Å². The lowest BCUT2D eigenvalue weighted by Gasteiger charge is -2.24. The van der Waals surface area contributed by atoms with Gasteiger partial charge in [-0.1, -0.05) is 6.92 Å². The lowest BCUT2D eigenvalue weighted by Crippen LogP contribution is -2.34. The molecule has 0 amide bonds. The molecule has 2 rings (SSSR count). The zero-order valence-electron chi connectivity index (χ0n) is 11.6. The molecule has 112 valence electrons. The topological polar surface area (TPSA) is 75.2 Å². The van der Waals surface area contributed by atoms with Crippen LogP contribution < -0.4 is 10.2 Å². The number of halogens is 1. The molecule has 1 unspecified atom stereocenters. The van der Waals surface area contributed by atoms with Crippen molar-refractivity contribution in [2.45, 2.75) is 25.8 Å². The van der Waals surface area contributed by atoms with Crippen LogP contribution >= 0.6 is 0 Å². The van der Waals surface area contributed by atoms with E-state index in [0.29, 0.717) is 18.9 Å². The fraction of sp³-hybridized carbons (Fsp3) is 0.667. The molecule has 1 N–H and O–H groups in total. The van der Waals surface area contributed by atoms with Gasteiger partial charge in [-0.15, -0.1) is 0 Å². The normalized spacial score (nSPS) is 20.9. The second kappa shape index (κ2) is 5.90. The number of hydrogen-bond donors (Lipinski definition) is 1. The van der Waals surface area contributed by atoms with Gasteiger partial charge in [0.25, 0.3) is 0 Å². The number of anilines is 2. The molecular weight excluding hydrogens is 283 g/mol. The summed E-state index contributed by atoms with van der Waals surface area (Å²) in [6.45, 7) is 2.71. The Hall–Kier alpha value is -1.44. The van der Waals surface area contributed by atoms with Crippen LogP contribution in [0.25, 0.3) is 0 Å². The fourth-order valence-electron chi connectivity index (χ4n) is 2.18. The largest absolute Gasteiger partial charge is 0.354 e. The first kappa shape index (κ1) is 15.0. The van der Waals surface area contributed by atoms with Crippen molar-refractivity contribution in [3.8, 4) is 0 Å². The third-order valence-corrected chi connectivity index (χ3v) is 5.10. The molecule has 0 aliphatic carbocycles. The smallest absolute Gasteiger partial charge is 0.224 e. The van der Waals surface area contributed by atoms with Gasteiger partial charge in [0.05, 0.1) is 17.7 Å². The van der Waals surface area contributed by atoms with Crippen LogP contribution in [0, 0.1) is 5.82 Å². The SMILES string of the molecule is CCCNc1ncc(F)c(N(C)C2CCS(=O)(=O)C2)n1. The van der Waals surface area contributed by atoms with E-state index in [1.54, 1.807) is 11.9 Å². The molecule has 1 fully saturated rings. The first-order valence-corrected chi connectivity index (χ1v) is 8.44. The van der Waals surface area contributed by atoms with Crippen LogP contribution in [0.2, 0.25) is 0 Å². The molecule has 0 spiro atoms. The van der Waals surface area contributed by atoms with Crippen molar-refractivity contribution in [3.05, 3.63) is 12.0 Å². The fourth-order valence-corrected chi connectivity index (χ4v) is 3.96. The average molecular weight is 302 g/mol. The van der Waals surface area contributed by atoms with Crippen LogP contribution in [0.1, 0.15) is 19.8 Å². The number of hydrogen-bond acceptors (Lipinski definition) is 6. The van der Waals surface area contributed by atoms with Crippen molar-refractivity contribution in [2.75, 3.05) is 35.3 Å². The van der Waals surface area contributed by atoms with E-state index in [1.807, 2.05) is 6.92 Å². The molecule has 1 saturated heterocycles. The first-order chi connectivity index (χ1) is 9.43. The zero-order valence-corrected chi connectivity index (χ0v) is 12.5. The van der Waals surface area contributed by atoms with Crippen molar-refractivity contribution in [1.82, 2.24) is 9.97 Å². The first-order valence-electron chi connectivity index (χ1n) is 6.62. The van der Waals surface area contributed by atoms with Crippen molar-refractivity contribution in [3.63, 3.8) is 0 Å². The molecule has 8 heteroatoms. The number of rotatable bonds is 5. The summed E-state index contributed by atoms with van der Waals surface area (Å²) in [5.41, 5.74) is 0. The molecule has 6 nitrogen and oxygen atoms in total. The van der Waals surface area contributed by atoms with Crippen LogP contribution in [0.3, 0.4) is 0 Å². The Labute approximate surface area is 118 Å². The van der Waals surface area contributed by atoms with Gasteiger partial charge in [-0.05, 0) is 12.8 Å². The molecule has 1 aliphatic heterocycles. The van der Waals surface area contributed by atoms with E-state index >= 15 is 0 Å². The lowest BCUT2D eigenvalue weighted by atomic mass is 10.2. The maximum atomic E-state index is 13.8. The third-order valence-electron chi connectivity index (χ3n) is 3.35. The molecule has 2 heterocycles. The highest BCUT2D eigenvalue weighted by atomic mass is 32.2. The highest BCUT2D eigenvalue weighted by molar-refractivity contribution is 7.91. The summed E-state index contributed by atoms with van der Waals surface area (Å²) in [7, 11) is -1.34. The molecule has 0 radical (unpaired) electrons. The maximum absolute atomic E-state index is 13.8. The number of nitrogens with zero attached hydrogens (tertiary/aromatic N) is 3. The Morgan fingerprint density at radius 2 is 2.30 bits per heavy atom. The molecule has 1 aromatic rings. The molecule has 1 aromatic heterocycles. The summed E-state index contributed by atoms with van der Waals surface area (Å²) >= 11 is 0. The van der Waals surface area contributed by atoms with Gasteiger partial charge < -0.3 is 10.2 Å². The van der Waals surface area contributed by atoms with Gasteiger partial charge in [0.15, 0.2) is 21.5 Å². The van der Waals surface area contributed by atoms with E-state index in [9.17, 15) is 12.8 Å². The Kier molecular flexibility index (Phi) is 4.42. The summed E-state index contributed by atoms with van der Waals surface area (Å²) in [5, 5.41) is 2.99. The Morgan fingerprint density at radius 3 is 2.90 bits per heavy atom. The Bertz CT molecular complexity index is 579. The van der Waals surface area contributed by atoms with E-state index in [4.69, 9.17) is 0 Å². The standard InChI is InChI=1S/C12H19FN4O2S/c1-3-5-14-12-15-7-10(13)11(16-12)17(2)9-4-6-20(18,19)8-9/h7,9H,3-6,8H2,1-2H3,(H,14,15,16). The number of aromatic nitrogens is 2. The van der Waals surface area contributed by atoms with Gasteiger partial charge in [-0.3, -0.25) is 0 Å². The molecule has 1 atom stereocenters. The monoisotopic (exact) mass is 302 g/mol. The highest BCUT2D eigenvalue weighted by Gasteiger charge is 2.32. The van der Waals surface area contributed by atoms with Crippen LogP contribution in [0.5, 0.6) is 0 Å². The molecular formula is C12H19FN4O2S. The second-order valence-corrected chi connectivity index (χ2v) is 7.19. The second-order valence-electron chi connectivity index (χ2n) is 4.96. The van der Waals surface area contributed by atoms with E-state index in [1.165, 1.54) is 0 Å². The Morgan fingerprint density at radius 1 is 1.55 bits per heavy atom. The number of sulfone groups is 1. The van der Waals surface area contributed by atoms with Crippen LogP contribution in [0.4, 0.5) is 16.2 Å². The van der Waals surface area contributed by atoms with Gasteiger partial charge in [0, 0.05) is 19.6 Å². The third kappa shape index (κ3) is 3.36. The molecule has 0 aromatic carbocycles. The van der Waals surface area contributed by atoms with E-state index in [2.05, 4.69) is 15.3 Å². The number of nitrogens with one attached hydrogen (secondary N) is 1. The summed E-state index contributed by atoms with van der Waals surface area (Å²) in [6.07, 6.45) is 2.52. The molecule has 0 bridgehead atoms. The van der Waals surface area contributed by atoms with Gasteiger partial charge in [-0.25, -0.2) is 17.8 Å². The minimum Gasteiger partial charge on any atom is -0.354 e. The maximum Gasteiger partial charge on any atom is 0.224 e. The van der Waals surface area contributed by atoms with Crippen LogP contribution in [-0.2, 0) is 9.84 Å². The molecule has 1 aliphatic rings. The predicted octanol–water partition coefficient (Wildman–Crippen LogP) is 1.06. The van der Waals surface area contributed by atoms with E-state index in [0.717, 1.165) is 12.6 Å². The van der Waals surface area contributed by atoms with E-state index < -0.39 is 15.7 Å². The van der Waals surface area contributed by atoms with Crippen molar-refractivity contribution >= 4 is 21.6 Å². The van der Waals surface area contributed by atoms with Crippen LogP contribution in [-0.4, -0.2) is 49.5 Å². The summed E-state index contributed by atoms with van der Waals surface area (Å²) < 4.78 is 36.9. The van der Waals surface area contributed by atoms with Crippen molar-refractivity contribution < 1.29 is 12.8 Å². The molecule has 20 heavy (non-hydrogen) atoms. The summed E-state index contributed by atoms with van der Waals surface area (Å²) in [5.74, 6) is 0.149. The summed E-state index contributed by atoms with van der Waals surface area (Å²) in [4.78, 5) is 9.60. The highest BCUT2D eigenvalue weighted by Crippen LogP contribution is 2.24. The van der Waals surface area contributed by atoms with E-state index in [-0.39, 0.29) is 23.4 Å². The van der Waals surface area contributed by atoms with Crippen molar-refractivity contribution in [1.29, 1.82) is 0 Å². The minimum atomic E-state index is -3.01. The van der Waals surface area contributed by atoms with Gasteiger partial charge in [0.2, 0.25) is 5.95 Å². The quantitative estimate of drug-likeness (QED) is 0.876. The zero-order chi connectivity index (χ0) is 14.8. The average Bonchev–Trinajstić information content (AvgIpc) is 2.77. The van der Waals surface area contributed by atoms with Gasteiger partial charge in [0.1, 0.15) is 0 Å².